The van der Waals surface area contributed by atoms with Gasteiger partial charge in [-0.25, -0.2) is 0 Å². The first-order chi connectivity index (χ1) is 7.99. The molecule has 1 aliphatic rings. The molecule has 0 aromatic heterocycles. The average molecular weight is 235 g/mol. The molecule has 6 heteroatoms. The van der Waals surface area contributed by atoms with Gasteiger partial charge in [0.1, 0.15) is 17.2 Å². The number of aromatic hydroxyl groups is 2. The van der Waals surface area contributed by atoms with Crippen molar-refractivity contribution < 1.29 is 24.5 Å². The largest absolute Gasteiger partial charge is 0.507 e. The number of rotatable bonds is 1. The summed E-state index contributed by atoms with van der Waals surface area (Å²) in [5.41, 5.74) is 4.48. The maximum absolute atomic E-state index is 11.9. The zero-order valence-corrected chi connectivity index (χ0v) is 8.85. The number of phenolic OH excluding ortho intramolecular Hbond substituents is 2. The van der Waals surface area contributed by atoms with Crippen LogP contribution in [-0.2, 0) is 4.74 Å². The standard InChI is InChI=1S/C11H9NO5/c1-17-11-8(12)9(15)6-4(13)2-3-5(14)7(6)10(11)16/h2-3,13-14H,12H2,1H3. The van der Waals surface area contributed by atoms with Crippen molar-refractivity contribution in [2.75, 3.05) is 7.11 Å². The van der Waals surface area contributed by atoms with Gasteiger partial charge in [-0.2, -0.15) is 0 Å². The number of fused-ring (bicyclic) bond motifs is 1. The number of ketones is 2. The lowest BCUT2D eigenvalue weighted by atomic mass is 9.90. The summed E-state index contributed by atoms with van der Waals surface area (Å²) in [6, 6.07) is 2.23. The van der Waals surface area contributed by atoms with Crippen molar-refractivity contribution in [2.24, 2.45) is 5.73 Å². The van der Waals surface area contributed by atoms with Crippen LogP contribution in [0.5, 0.6) is 11.5 Å². The molecule has 0 saturated heterocycles. The van der Waals surface area contributed by atoms with Crippen LogP contribution in [0.2, 0.25) is 0 Å². The molecule has 0 heterocycles. The third-order valence-electron chi connectivity index (χ3n) is 2.52. The Hall–Kier alpha value is -2.50. The van der Waals surface area contributed by atoms with Gasteiger partial charge in [0.15, 0.2) is 5.76 Å². The molecule has 0 radical (unpaired) electrons. The van der Waals surface area contributed by atoms with Crippen LogP contribution in [-0.4, -0.2) is 28.9 Å². The summed E-state index contributed by atoms with van der Waals surface area (Å²) in [5, 5.41) is 19.1. The van der Waals surface area contributed by atoms with Gasteiger partial charge in [0.25, 0.3) is 0 Å². The van der Waals surface area contributed by atoms with Crippen LogP contribution < -0.4 is 5.73 Å². The van der Waals surface area contributed by atoms with E-state index in [1.165, 1.54) is 7.11 Å². The predicted octanol–water partition coefficient (Wildman–Crippen LogP) is 0.293. The van der Waals surface area contributed by atoms with Crippen molar-refractivity contribution in [1.29, 1.82) is 0 Å². The highest BCUT2D eigenvalue weighted by Crippen LogP contribution is 2.35. The normalized spacial score (nSPS) is 14.9. The van der Waals surface area contributed by atoms with E-state index in [-0.39, 0.29) is 22.6 Å². The number of benzene rings is 1. The predicted molar refractivity (Wildman–Crippen MR) is 56.7 cm³/mol. The lowest BCUT2D eigenvalue weighted by Crippen LogP contribution is -2.27. The fraction of sp³-hybridized carbons (Fsp3) is 0.0909. The van der Waals surface area contributed by atoms with E-state index < -0.39 is 23.1 Å². The second-order valence-electron chi connectivity index (χ2n) is 3.46. The number of hydrogen-bond donors (Lipinski definition) is 3. The summed E-state index contributed by atoms with van der Waals surface area (Å²) < 4.78 is 4.73. The quantitative estimate of drug-likeness (QED) is 0.603. The van der Waals surface area contributed by atoms with Gasteiger partial charge >= 0.3 is 0 Å². The topological polar surface area (TPSA) is 110 Å². The number of Topliss-reactive ketones (excluding diaryl/α,β-unsaturated/α-hetero) is 2. The van der Waals surface area contributed by atoms with Crippen LogP contribution in [0.3, 0.4) is 0 Å². The number of allylic oxidation sites excluding steroid dienone is 2. The Labute approximate surface area is 95.9 Å². The highest BCUT2D eigenvalue weighted by molar-refractivity contribution is 6.27. The third kappa shape index (κ3) is 1.34. The molecule has 17 heavy (non-hydrogen) atoms. The van der Waals surface area contributed by atoms with E-state index in [2.05, 4.69) is 0 Å². The van der Waals surface area contributed by atoms with Crippen molar-refractivity contribution in [3.63, 3.8) is 0 Å². The van der Waals surface area contributed by atoms with Crippen LogP contribution in [0, 0.1) is 0 Å². The van der Waals surface area contributed by atoms with E-state index in [1.807, 2.05) is 0 Å². The number of phenols is 2. The van der Waals surface area contributed by atoms with Crippen LogP contribution in [0.25, 0.3) is 0 Å². The Morgan fingerprint density at radius 2 is 1.53 bits per heavy atom. The second kappa shape index (κ2) is 3.51. The molecule has 0 spiro atoms. The van der Waals surface area contributed by atoms with Crippen LogP contribution in [0.4, 0.5) is 0 Å². The number of nitrogens with two attached hydrogens (primary N) is 1. The average Bonchev–Trinajstić information content (AvgIpc) is 2.30. The molecule has 6 nitrogen and oxygen atoms in total. The van der Waals surface area contributed by atoms with Gasteiger partial charge in [-0.05, 0) is 12.1 Å². The van der Waals surface area contributed by atoms with Crippen molar-refractivity contribution in [1.82, 2.24) is 0 Å². The summed E-state index contributed by atoms with van der Waals surface area (Å²) in [7, 11) is 1.19. The van der Waals surface area contributed by atoms with Gasteiger partial charge in [-0.1, -0.05) is 0 Å². The van der Waals surface area contributed by atoms with Crippen molar-refractivity contribution in [2.45, 2.75) is 0 Å². The smallest absolute Gasteiger partial charge is 0.234 e. The molecule has 1 aromatic carbocycles. The summed E-state index contributed by atoms with van der Waals surface area (Å²) in [6.45, 7) is 0. The zero-order valence-electron chi connectivity index (χ0n) is 8.85. The Morgan fingerprint density at radius 1 is 1.06 bits per heavy atom. The number of hydrogen-bond acceptors (Lipinski definition) is 6. The SMILES string of the molecule is COC1=C(N)C(=O)c2c(O)ccc(O)c2C1=O. The Balaban J connectivity index is 2.81. The van der Waals surface area contributed by atoms with E-state index >= 15 is 0 Å². The van der Waals surface area contributed by atoms with Gasteiger partial charge in [0, 0.05) is 0 Å². The van der Waals surface area contributed by atoms with Gasteiger partial charge in [-0.3, -0.25) is 9.59 Å². The molecular weight excluding hydrogens is 226 g/mol. The molecule has 2 rings (SSSR count). The van der Waals surface area contributed by atoms with Gasteiger partial charge in [-0.15, -0.1) is 0 Å². The Kier molecular flexibility index (Phi) is 2.27. The summed E-state index contributed by atoms with van der Waals surface area (Å²) in [6.07, 6.45) is 0. The number of methoxy groups -OCH3 is 1. The molecule has 1 aromatic rings. The van der Waals surface area contributed by atoms with Crippen molar-refractivity contribution in [3.05, 3.63) is 34.7 Å². The molecule has 88 valence electrons. The summed E-state index contributed by atoms with van der Waals surface area (Å²) in [5.74, 6) is -2.62. The summed E-state index contributed by atoms with van der Waals surface area (Å²) >= 11 is 0. The summed E-state index contributed by atoms with van der Waals surface area (Å²) in [4.78, 5) is 23.7. The van der Waals surface area contributed by atoms with E-state index in [1.54, 1.807) is 0 Å². The Bertz CT molecular complexity index is 573. The number of carbonyl (C=O) groups excluding carboxylic acids is 2. The molecule has 0 unspecified atom stereocenters. The van der Waals surface area contributed by atoms with Crippen LogP contribution in [0.1, 0.15) is 20.7 Å². The first kappa shape index (κ1) is 11.0. The molecule has 4 N–H and O–H groups in total. The fourth-order valence-corrected chi connectivity index (χ4v) is 1.72. The molecule has 0 aliphatic heterocycles. The lowest BCUT2D eigenvalue weighted by molar-refractivity contribution is 0.0900. The fourth-order valence-electron chi connectivity index (χ4n) is 1.72. The highest BCUT2D eigenvalue weighted by Gasteiger charge is 2.36. The molecule has 0 amide bonds. The van der Waals surface area contributed by atoms with Crippen molar-refractivity contribution >= 4 is 11.6 Å². The zero-order chi connectivity index (χ0) is 12.7. The number of ether oxygens (including phenoxy) is 1. The maximum atomic E-state index is 11.9. The molecule has 0 saturated carbocycles. The van der Waals surface area contributed by atoms with Crippen molar-refractivity contribution in [3.8, 4) is 11.5 Å². The molecule has 0 atom stereocenters. The maximum Gasteiger partial charge on any atom is 0.234 e. The molecular formula is C11H9NO5. The minimum absolute atomic E-state index is 0.291. The second-order valence-corrected chi connectivity index (χ2v) is 3.46. The van der Waals surface area contributed by atoms with Gasteiger partial charge < -0.3 is 20.7 Å². The lowest BCUT2D eigenvalue weighted by Gasteiger charge is -2.18. The van der Waals surface area contributed by atoms with E-state index in [0.717, 1.165) is 12.1 Å². The first-order valence-electron chi connectivity index (χ1n) is 4.67. The van der Waals surface area contributed by atoms with E-state index in [0.29, 0.717) is 0 Å². The minimum atomic E-state index is -0.746. The molecule has 0 fully saturated rings. The molecule has 0 bridgehead atoms. The van der Waals surface area contributed by atoms with Crippen LogP contribution >= 0.6 is 0 Å². The monoisotopic (exact) mass is 235 g/mol. The van der Waals surface area contributed by atoms with Gasteiger partial charge in [0.2, 0.25) is 11.6 Å². The van der Waals surface area contributed by atoms with E-state index in [4.69, 9.17) is 10.5 Å². The van der Waals surface area contributed by atoms with E-state index in [9.17, 15) is 19.8 Å². The third-order valence-corrected chi connectivity index (χ3v) is 2.52. The van der Waals surface area contributed by atoms with Gasteiger partial charge in [0.05, 0.1) is 18.2 Å². The number of carbonyl (C=O) groups is 2. The molecule has 1 aliphatic carbocycles. The Morgan fingerprint density at radius 3 is 2.00 bits per heavy atom. The minimum Gasteiger partial charge on any atom is -0.507 e. The van der Waals surface area contributed by atoms with Crippen LogP contribution in [0.15, 0.2) is 23.6 Å². The highest BCUT2D eigenvalue weighted by atomic mass is 16.5. The first-order valence-corrected chi connectivity index (χ1v) is 4.67.